The molecule has 3 heteroatoms. The van der Waals surface area contributed by atoms with Crippen LogP contribution in [0.1, 0.15) is 32.6 Å². The number of unbranched alkanes of at least 4 members (excludes halogenated alkanes) is 1. The first-order chi connectivity index (χ1) is 8.33. The summed E-state index contributed by atoms with van der Waals surface area (Å²) in [5, 5.41) is 3.40. The molecule has 0 radical (unpaired) electrons. The van der Waals surface area contributed by atoms with Crippen LogP contribution < -0.4 is 10.2 Å². The zero-order valence-electron chi connectivity index (χ0n) is 10.4. The molecule has 0 aromatic heterocycles. The Bertz CT molecular complexity index is 390. The molecule has 17 heavy (non-hydrogen) atoms. The van der Waals surface area contributed by atoms with Crippen molar-refractivity contribution in [2.45, 2.75) is 32.6 Å². The summed E-state index contributed by atoms with van der Waals surface area (Å²) in [6.07, 6.45) is 3.72. The molecule has 1 aliphatic rings. The van der Waals surface area contributed by atoms with E-state index < -0.39 is 0 Å². The third-order valence-electron chi connectivity index (χ3n) is 3.11. The maximum atomic E-state index is 12.1. The predicted molar refractivity (Wildman–Crippen MR) is 71.4 cm³/mol. The Balaban J connectivity index is 2.29. The fraction of sp³-hybridized carbons (Fsp3) is 0.500. The summed E-state index contributed by atoms with van der Waals surface area (Å²) in [6.45, 7) is 3.86. The lowest BCUT2D eigenvalue weighted by atomic mass is 10.1. The van der Waals surface area contributed by atoms with Gasteiger partial charge in [0.05, 0.1) is 11.4 Å². The second-order valence-electron chi connectivity index (χ2n) is 4.45. The second-order valence-corrected chi connectivity index (χ2v) is 4.45. The summed E-state index contributed by atoms with van der Waals surface area (Å²) in [7, 11) is 0. The molecule has 1 heterocycles. The molecule has 1 aromatic carbocycles. The maximum absolute atomic E-state index is 12.1. The van der Waals surface area contributed by atoms with Gasteiger partial charge in [-0.15, -0.1) is 0 Å². The van der Waals surface area contributed by atoms with Gasteiger partial charge in [0.2, 0.25) is 5.91 Å². The average molecular weight is 232 g/mol. The highest BCUT2D eigenvalue weighted by atomic mass is 16.2. The zero-order valence-corrected chi connectivity index (χ0v) is 10.4. The molecule has 2 rings (SSSR count). The number of nitrogens with one attached hydrogen (secondary N) is 1. The first kappa shape index (κ1) is 12.0. The van der Waals surface area contributed by atoms with Crippen molar-refractivity contribution in [3.8, 4) is 0 Å². The average Bonchev–Trinajstić information content (AvgIpc) is 2.34. The first-order valence-electron chi connectivity index (χ1n) is 6.46. The zero-order chi connectivity index (χ0) is 12.1. The van der Waals surface area contributed by atoms with E-state index in [0.29, 0.717) is 6.42 Å². The number of benzene rings is 1. The van der Waals surface area contributed by atoms with Crippen molar-refractivity contribution in [3.63, 3.8) is 0 Å². The van der Waals surface area contributed by atoms with Crippen LogP contribution in [0.2, 0.25) is 0 Å². The van der Waals surface area contributed by atoms with Crippen LogP contribution in [0.5, 0.6) is 0 Å². The highest BCUT2D eigenvalue weighted by molar-refractivity contribution is 5.97. The monoisotopic (exact) mass is 232 g/mol. The van der Waals surface area contributed by atoms with Crippen molar-refractivity contribution in [1.29, 1.82) is 0 Å². The third-order valence-corrected chi connectivity index (χ3v) is 3.11. The SMILES string of the molecule is CCCCN1C(=O)CCCNc2ccccc21. The number of carbonyl (C=O) groups is 1. The Hall–Kier alpha value is -1.51. The van der Waals surface area contributed by atoms with Gasteiger partial charge in [0.25, 0.3) is 0 Å². The predicted octanol–water partition coefficient (Wildman–Crippen LogP) is 3.03. The van der Waals surface area contributed by atoms with E-state index in [4.69, 9.17) is 0 Å². The summed E-state index contributed by atoms with van der Waals surface area (Å²) in [5.74, 6) is 0.257. The number of nitrogens with zero attached hydrogens (tertiary/aromatic N) is 1. The number of anilines is 2. The van der Waals surface area contributed by atoms with Crippen LogP contribution in [0.15, 0.2) is 24.3 Å². The van der Waals surface area contributed by atoms with Crippen molar-refractivity contribution in [1.82, 2.24) is 0 Å². The quantitative estimate of drug-likeness (QED) is 0.868. The summed E-state index contributed by atoms with van der Waals surface area (Å²) >= 11 is 0. The number of hydrogen-bond acceptors (Lipinski definition) is 2. The molecule has 0 aliphatic carbocycles. The summed E-state index contributed by atoms with van der Waals surface area (Å²) in [6, 6.07) is 8.08. The minimum atomic E-state index is 0.257. The summed E-state index contributed by atoms with van der Waals surface area (Å²) in [5.41, 5.74) is 2.11. The van der Waals surface area contributed by atoms with Crippen LogP contribution in [-0.4, -0.2) is 19.0 Å². The van der Waals surface area contributed by atoms with Gasteiger partial charge in [-0.1, -0.05) is 25.5 Å². The van der Waals surface area contributed by atoms with Crippen LogP contribution in [0, 0.1) is 0 Å². The van der Waals surface area contributed by atoms with Crippen LogP contribution in [0.4, 0.5) is 11.4 Å². The highest BCUT2D eigenvalue weighted by Crippen LogP contribution is 2.28. The molecule has 0 saturated heterocycles. The Morgan fingerprint density at radius 1 is 1.35 bits per heavy atom. The summed E-state index contributed by atoms with van der Waals surface area (Å²) in [4.78, 5) is 14.1. The number of carbonyl (C=O) groups excluding carboxylic acids is 1. The van der Waals surface area contributed by atoms with Crippen LogP contribution in [0.25, 0.3) is 0 Å². The van der Waals surface area contributed by atoms with Gasteiger partial charge < -0.3 is 10.2 Å². The molecule has 0 spiro atoms. The van der Waals surface area contributed by atoms with Gasteiger partial charge in [0.1, 0.15) is 0 Å². The van der Waals surface area contributed by atoms with Gasteiger partial charge in [-0.2, -0.15) is 0 Å². The minimum Gasteiger partial charge on any atom is -0.383 e. The van der Waals surface area contributed by atoms with Crippen LogP contribution >= 0.6 is 0 Å². The van der Waals surface area contributed by atoms with Crippen molar-refractivity contribution in [3.05, 3.63) is 24.3 Å². The Labute approximate surface area is 103 Å². The smallest absolute Gasteiger partial charge is 0.227 e. The van der Waals surface area contributed by atoms with Gasteiger partial charge in [-0.3, -0.25) is 4.79 Å². The Morgan fingerprint density at radius 2 is 2.18 bits per heavy atom. The second kappa shape index (κ2) is 5.71. The lowest BCUT2D eigenvalue weighted by Crippen LogP contribution is -2.34. The largest absolute Gasteiger partial charge is 0.383 e. The molecule has 1 amide bonds. The molecule has 0 fully saturated rings. The number of rotatable bonds is 3. The Morgan fingerprint density at radius 3 is 3.00 bits per heavy atom. The first-order valence-corrected chi connectivity index (χ1v) is 6.46. The van der Waals surface area contributed by atoms with E-state index in [1.165, 1.54) is 0 Å². The molecule has 0 bridgehead atoms. The number of para-hydroxylation sites is 2. The molecular formula is C14H20N2O. The fourth-order valence-electron chi connectivity index (χ4n) is 2.15. The number of fused-ring (bicyclic) bond motifs is 1. The van der Waals surface area contributed by atoms with Crippen molar-refractivity contribution in [2.75, 3.05) is 23.3 Å². The highest BCUT2D eigenvalue weighted by Gasteiger charge is 2.19. The normalized spacial score (nSPS) is 15.8. The molecule has 1 aliphatic heterocycles. The van der Waals surface area contributed by atoms with Gasteiger partial charge in [-0.05, 0) is 25.0 Å². The molecule has 0 atom stereocenters. The van der Waals surface area contributed by atoms with Gasteiger partial charge in [0, 0.05) is 19.5 Å². The van der Waals surface area contributed by atoms with Crippen LogP contribution in [-0.2, 0) is 4.79 Å². The standard InChI is InChI=1S/C14H20N2O/c1-2-3-11-16-13-8-5-4-7-12(13)15-10-6-9-14(16)17/h4-5,7-8,15H,2-3,6,9-11H2,1H3. The molecule has 1 aromatic rings. The van der Waals surface area contributed by atoms with Crippen molar-refractivity contribution >= 4 is 17.3 Å². The van der Waals surface area contributed by atoms with Gasteiger partial charge in [0.15, 0.2) is 0 Å². The van der Waals surface area contributed by atoms with Gasteiger partial charge >= 0.3 is 0 Å². The van der Waals surface area contributed by atoms with E-state index in [-0.39, 0.29) is 5.91 Å². The van der Waals surface area contributed by atoms with E-state index in [1.54, 1.807) is 0 Å². The number of hydrogen-bond donors (Lipinski definition) is 1. The topological polar surface area (TPSA) is 32.3 Å². The van der Waals surface area contributed by atoms with Crippen molar-refractivity contribution < 1.29 is 4.79 Å². The van der Waals surface area contributed by atoms with Crippen LogP contribution in [0.3, 0.4) is 0 Å². The summed E-state index contributed by atoms with van der Waals surface area (Å²) < 4.78 is 0. The molecule has 0 unspecified atom stereocenters. The molecule has 0 saturated carbocycles. The fourth-order valence-corrected chi connectivity index (χ4v) is 2.15. The Kier molecular flexibility index (Phi) is 4.02. The lowest BCUT2D eigenvalue weighted by Gasteiger charge is -2.27. The van der Waals surface area contributed by atoms with E-state index in [0.717, 1.165) is 43.7 Å². The van der Waals surface area contributed by atoms with E-state index in [2.05, 4.69) is 12.2 Å². The molecule has 1 N–H and O–H groups in total. The van der Waals surface area contributed by atoms with Crippen molar-refractivity contribution in [2.24, 2.45) is 0 Å². The third kappa shape index (κ3) is 2.78. The number of amides is 1. The molecular weight excluding hydrogens is 212 g/mol. The minimum absolute atomic E-state index is 0.257. The van der Waals surface area contributed by atoms with Gasteiger partial charge in [-0.25, -0.2) is 0 Å². The van der Waals surface area contributed by atoms with E-state index in [1.807, 2.05) is 29.2 Å². The van der Waals surface area contributed by atoms with E-state index in [9.17, 15) is 4.79 Å². The molecule has 92 valence electrons. The molecule has 3 nitrogen and oxygen atoms in total. The maximum Gasteiger partial charge on any atom is 0.227 e. The lowest BCUT2D eigenvalue weighted by molar-refractivity contribution is -0.118. The van der Waals surface area contributed by atoms with E-state index >= 15 is 0 Å².